The molecule has 0 amide bonds. The fourth-order valence-electron chi connectivity index (χ4n) is 3.72. The lowest BCUT2D eigenvalue weighted by atomic mass is 9.95. The zero-order chi connectivity index (χ0) is 13.9. The first-order valence-electron chi connectivity index (χ1n) is 7.77. The zero-order valence-corrected chi connectivity index (χ0v) is 12.9. The van der Waals surface area contributed by atoms with E-state index in [4.69, 9.17) is 0 Å². The summed E-state index contributed by atoms with van der Waals surface area (Å²) in [4.78, 5) is 4.98. The highest BCUT2D eigenvalue weighted by Crippen LogP contribution is 2.33. The van der Waals surface area contributed by atoms with E-state index in [1.807, 2.05) is 7.05 Å². The van der Waals surface area contributed by atoms with Crippen LogP contribution in [0.4, 0.5) is 0 Å². The van der Waals surface area contributed by atoms with Crippen molar-refractivity contribution in [2.75, 3.05) is 47.4 Å². The Bertz CT molecular complexity index is 273. The van der Waals surface area contributed by atoms with Crippen molar-refractivity contribution in [3.63, 3.8) is 0 Å². The highest BCUT2D eigenvalue weighted by molar-refractivity contribution is 4.98. The summed E-state index contributed by atoms with van der Waals surface area (Å²) >= 11 is 0. The average molecular weight is 269 g/mol. The van der Waals surface area contributed by atoms with E-state index < -0.39 is 0 Å². The quantitative estimate of drug-likeness (QED) is 0.773. The molecule has 4 nitrogen and oxygen atoms in total. The predicted octanol–water partition coefficient (Wildman–Crippen LogP) is 0.763. The fraction of sp³-hybridized carbons (Fsp3) is 1.00. The largest absolute Gasteiger partial charge is 0.394 e. The molecular formula is C15H31N3O. The molecule has 0 radical (unpaired) electrons. The molecular weight excluding hydrogens is 238 g/mol. The van der Waals surface area contributed by atoms with Crippen molar-refractivity contribution in [1.29, 1.82) is 0 Å². The summed E-state index contributed by atoms with van der Waals surface area (Å²) in [6.45, 7) is 3.99. The van der Waals surface area contributed by atoms with Crippen LogP contribution in [0.2, 0.25) is 0 Å². The molecule has 19 heavy (non-hydrogen) atoms. The number of nitrogens with zero attached hydrogens (tertiary/aromatic N) is 2. The normalized spacial score (nSPS) is 34.3. The third-order valence-corrected chi connectivity index (χ3v) is 5.42. The van der Waals surface area contributed by atoms with Gasteiger partial charge < -0.3 is 20.2 Å². The minimum atomic E-state index is -0.0221. The van der Waals surface area contributed by atoms with Crippen molar-refractivity contribution in [3.8, 4) is 0 Å². The first kappa shape index (κ1) is 15.2. The fourth-order valence-corrected chi connectivity index (χ4v) is 3.72. The van der Waals surface area contributed by atoms with Crippen molar-refractivity contribution < 1.29 is 5.11 Å². The van der Waals surface area contributed by atoms with Gasteiger partial charge in [-0.1, -0.05) is 0 Å². The van der Waals surface area contributed by atoms with Crippen LogP contribution in [0.3, 0.4) is 0 Å². The third kappa shape index (κ3) is 3.69. The molecule has 2 fully saturated rings. The molecule has 0 spiro atoms. The first-order valence-corrected chi connectivity index (χ1v) is 7.77. The molecule has 1 saturated heterocycles. The van der Waals surface area contributed by atoms with Crippen LogP contribution in [-0.4, -0.2) is 73.9 Å². The number of likely N-dealkylation sites (N-methyl/N-ethyl adjacent to an activating group) is 1. The summed E-state index contributed by atoms with van der Waals surface area (Å²) in [5.41, 5.74) is -0.0221. The zero-order valence-electron chi connectivity index (χ0n) is 12.9. The maximum absolute atomic E-state index is 9.58. The van der Waals surface area contributed by atoms with Gasteiger partial charge in [-0.15, -0.1) is 0 Å². The SMILES string of the molecule is CNC1(CO)CCC(N(C)CC2CCN(C)CC2)C1. The summed E-state index contributed by atoms with van der Waals surface area (Å²) < 4.78 is 0. The van der Waals surface area contributed by atoms with Gasteiger partial charge in [-0.3, -0.25) is 0 Å². The Morgan fingerprint density at radius 2 is 2.00 bits per heavy atom. The minimum absolute atomic E-state index is 0.0221. The monoisotopic (exact) mass is 269 g/mol. The lowest BCUT2D eigenvalue weighted by Gasteiger charge is -2.34. The van der Waals surface area contributed by atoms with E-state index in [2.05, 4.69) is 29.2 Å². The van der Waals surface area contributed by atoms with Gasteiger partial charge in [-0.05, 0) is 72.3 Å². The standard InChI is InChI=1S/C15H31N3O/c1-16-15(12-19)7-4-14(10-15)18(3)11-13-5-8-17(2)9-6-13/h13-14,16,19H,4-12H2,1-3H3. The highest BCUT2D eigenvalue weighted by Gasteiger charge is 2.39. The summed E-state index contributed by atoms with van der Waals surface area (Å²) in [6.07, 6.45) is 6.07. The smallest absolute Gasteiger partial charge is 0.0613 e. The van der Waals surface area contributed by atoms with E-state index in [1.54, 1.807) is 0 Å². The Morgan fingerprint density at radius 1 is 1.32 bits per heavy atom. The van der Waals surface area contributed by atoms with Crippen LogP contribution in [-0.2, 0) is 0 Å². The summed E-state index contributed by atoms with van der Waals surface area (Å²) in [6, 6.07) is 0.638. The van der Waals surface area contributed by atoms with Crippen molar-refractivity contribution in [2.45, 2.75) is 43.7 Å². The molecule has 0 aromatic heterocycles. The van der Waals surface area contributed by atoms with Crippen LogP contribution in [0.1, 0.15) is 32.1 Å². The molecule has 2 unspecified atom stereocenters. The average Bonchev–Trinajstić information content (AvgIpc) is 2.87. The summed E-state index contributed by atoms with van der Waals surface area (Å²) in [5, 5.41) is 12.9. The lowest BCUT2D eigenvalue weighted by molar-refractivity contribution is 0.133. The first-order chi connectivity index (χ1) is 9.08. The number of hydrogen-bond donors (Lipinski definition) is 2. The second-order valence-corrected chi connectivity index (χ2v) is 6.77. The molecule has 4 heteroatoms. The van der Waals surface area contributed by atoms with Gasteiger partial charge in [0.2, 0.25) is 0 Å². The number of nitrogens with one attached hydrogen (secondary N) is 1. The van der Waals surface area contributed by atoms with Crippen LogP contribution in [0.25, 0.3) is 0 Å². The van der Waals surface area contributed by atoms with E-state index in [0.717, 1.165) is 18.8 Å². The maximum Gasteiger partial charge on any atom is 0.0613 e. The Morgan fingerprint density at radius 3 is 2.53 bits per heavy atom. The molecule has 2 atom stereocenters. The van der Waals surface area contributed by atoms with Crippen molar-refractivity contribution >= 4 is 0 Å². The summed E-state index contributed by atoms with van der Waals surface area (Å²) in [7, 11) is 6.47. The number of piperidine rings is 1. The second kappa shape index (κ2) is 6.53. The van der Waals surface area contributed by atoms with Crippen LogP contribution in [0.5, 0.6) is 0 Å². The van der Waals surface area contributed by atoms with E-state index in [1.165, 1.54) is 38.9 Å². The van der Waals surface area contributed by atoms with Crippen molar-refractivity contribution in [3.05, 3.63) is 0 Å². The number of likely N-dealkylation sites (tertiary alicyclic amines) is 1. The number of aliphatic hydroxyl groups excluding tert-OH is 1. The van der Waals surface area contributed by atoms with Gasteiger partial charge in [0.25, 0.3) is 0 Å². The second-order valence-electron chi connectivity index (χ2n) is 6.77. The number of hydrogen-bond acceptors (Lipinski definition) is 4. The van der Waals surface area contributed by atoms with Crippen molar-refractivity contribution in [2.24, 2.45) is 5.92 Å². The Balaban J connectivity index is 1.79. The molecule has 2 N–H and O–H groups in total. The van der Waals surface area contributed by atoms with E-state index in [9.17, 15) is 5.11 Å². The van der Waals surface area contributed by atoms with Gasteiger partial charge in [0.05, 0.1) is 6.61 Å². The van der Waals surface area contributed by atoms with Gasteiger partial charge in [-0.2, -0.15) is 0 Å². The van der Waals surface area contributed by atoms with E-state index in [0.29, 0.717) is 6.04 Å². The number of aliphatic hydroxyl groups is 1. The Hall–Kier alpha value is -0.160. The molecule has 2 rings (SSSR count). The lowest BCUT2D eigenvalue weighted by Crippen LogP contribution is -2.46. The predicted molar refractivity (Wildman–Crippen MR) is 79.4 cm³/mol. The van der Waals surface area contributed by atoms with Crippen LogP contribution in [0, 0.1) is 5.92 Å². The van der Waals surface area contributed by atoms with E-state index >= 15 is 0 Å². The molecule has 112 valence electrons. The molecule has 2 aliphatic rings. The van der Waals surface area contributed by atoms with Crippen LogP contribution >= 0.6 is 0 Å². The van der Waals surface area contributed by atoms with Gasteiger partial charge in [0, 0.05) is 18.1 Å². The maximum atomic E-state index is 9.58. The van der Waals surface area contributed by atoms with Crippen LogP contribution in [0.15, 0.2) is 0 Å². The molecule has 1 heterocycles. The molecule has 1 aliphatic heterocycles. The summed E-state index contributed by atoms with van der Waals surface area (Å²) in [5.74, 6) is 0.861. The van der Waals surface area contributed by atoms with E-state index in [-0.39, 0.29) is 12.1 Å². The molecule has 0 bridgehead atoms. The van der Waals surface area contributed by atoms with Gasteiger partial charge in [0.1, 0.15) is 0 Å². The third-order valence-electron chi connectivity index (χ3n) is 5.42. The number of rotatable bonds is 5. The topological polar surface area (TPSA) is 38.7 Å². The molecule has 1 saturated carbocycles. The van der Waals surface area contributed by atoms with Gasteiger partial charge >= 0.3 is 0 Å². The minimum Gasteiger partial charge on any atom is -0.394 e. The Labute approximate surface area is 118 Å². The van der Waals surface area contributed by atoms with Crippen LogP contribution < -0.4 is 5.32 Å². The van der Waals surface area contributed by atoms with Gasteiger partial charge in [-0.25, -0.2) is 0 Å². The Kier molecular flexibility index (Phi) is 5.23. The van der Waals surface area contributed by atoms with Crippen molar-refractivity contribution in [1.82, 2.24) is 15.1 Å². The molecule has 0 aromatic carbocycles. The molecule has 0 aromatic rings. The highest BCUT2D eigenvalue weighted by atomic mass is 16.3. The van der Waals surface area contributed by atoms with Gasteiger partial charge in [0.15, 0.2) is 0 Å². The molecule has 1 aliphatic carbocycles.